The van der Waals surface area contributed by atoms with Crippen LogP contribution in [-0.4, -0.2) is 5.11 Å². The number of hydrogen-bond donors (Lipinski definition) is 1. The highest BCUT2D eigenvalue weighted by Crippen LogP contribution is 2.33. The summed E-state index contributed by atoms with van der Waals surface area (Å²) in [4.78, 5) is 0. The molecule has 13 heavy (non-hydrogen) atoms. The van der Waals surface area contributed by atoms with Gasteiger partial charge in [0.05, 0.1) is 0 Å². The van der Waals surface area contributed by atoms with E-state index in [9.17, 15) is 5.11 Å². The third kappa shape index (κ3) is 1.42. The van der Waals surface area contributed by atoms with Crippen molar-refractivity contribution in [2.75, 3.05) is 0 Å². The Morgan fingerprint density at radius 2 is 2.08 bits per heavy atom. The van der Waals surface area contributed by atoms with Crippen molar-refractivity contribution in [1.82, 2.24) is 0 Å². The van der Waals surface area contributed by atoms with Gasteiger partial charge in [-0.1, -0.05) is 13.8 Å². The standard InChI is InChI=1S/C11H12OS/c1-7(2)10-6-13-11-4-3-8(12)5-9(10)11/h3-7,12H,1-2H3. The van der Waals surface area contributed by atoms with E-state index in [1.807, 2.05) is 12.1 Å². The van der Waals surface area contributed by atoms with Crippen LogP contribution in [0.1, 0.15) is 25.3 Å². The van der Waals surface area contributed by atoms with E-state index in [-0.39, 0.29) is 0 Å². The molecule has 0 fully saturated rings. The van der Waals surface area contributed by atoms with E-state index in [1.165, 1.54) is 15.6 Å². The first-order valence-electron chi connectivity index (χ1n) is 4.38. The minimum Gasteiger partial charge on any atom is -0.508 e. The van der Waals surface area contributed by atoms with E-state index in [0.717, 1.165) is 0 Å². The number of benzene rings is 1. The molecular formula is C11H12OS. The minimum atomic E-state index is 0.354. The Bertz CT molecular complexity index is 429. The molecule has 0 aliphatic carbocycles. The van der Waals surface area contributed by atoms with Gasteiger partial charge in [0, 0.05) is 4.70 Å². The van der Waals surface area contributed by atoms with Crippen LogP contribution in [0.5, 0.6) is 5.75 Å². The largest absolute Gasteiger partial charge is 0.508 e. The molecule has 1 N–H and O–H groups in total. The highest BCUT2D eigenvalue weighted by atomic mass is 32.1. The Labute approximate surface area is 81.6 Å². The molecule has 0 saturated carbocycles. The van der Waals surface area contributed by atoms with E-state index >= 15 is 0 Å². The van der Waals surface area contributed by atoms with Gasteiger partial charge in [-0.2, -0.15) is 0 Å². The van der Waals surface area contributed by atoms with E-state index in [2.05, 4.69) is 19.2 Å². The van der Waals surface area contributed by atoms with Gasteiger partial charge in [0.25, 0.3) is 0 Å². The first-order valence-corrected chi connectivity index (χ1v) is 5.26. The Morgan fingerprint density at radius 3 is 2.77 bits per heavy atom. The van der Waals surface area contributed by atoms with Crippen LogP contribution < -0.4 is 0 Å². The molecule has 0 saturated heterocycles. The number of fused-ring (bicyclic) bond motifs is 1. The van der Waals surface area contributed by atoms with Crippen molar-refractivity contribution < 1.29 is 5.11 Å². The second-order valence-electron chi connectivity index (χ2n) is 3.53. The van der Waals surface area contributed by atoms with Crippen LogP contribution in [0.4, 0.5) is 0 Å². The molecule has 0 atom stereocenters. The molecule has 0 radical (unpaired) electrons. The molecule has 2 heteroatoms. The van der Waals surface area contributed by atoms with Crippen molar-refractivity contribution in [3.8, 4) is 5.75 Å². The van der Waals surface area contributed by atoms with Crippen molar-refractivity contribution in [1.29, 1.82) is 0 Å². The number of phenolic OH excluding ortho intramolecular Hbond substituents is 1. The van der Waals surface area contributed by atoms with Gasteiger partial charge >= 0.3 is 0 Å². The molecule has 0 aliphatic rings. The maximum atomic E-state index is 9.36. The topological polar surface area (TPSA) is 20.2 Å². The summed E-state index contributed by atoms with van der Waals surface area (Å²) in [6, 6.07) is 5.56. The fourth-order valence-electron chi connectivity index (χ4n) is 1.48. The highest BCUT2D eigenvalue weighted by molar-refractivity contribution is 7.17. The van der Waals surface area contributed by atoms with Gasteiger partial charge in [-0.15, -0.1) is 11.3 Å². The summed E-state index contributed by atoms with van der Waals surface area (Å²) in [7, 11) is 0. The maximum Gasteiger partial charge on any atom is 0.116 e. The molecule has 1 aromatic carbocycles. The van der Waals surface area contributed by atoms with Gasteiger partial charge in [-0.3, -0.25) is 0 Å². The van der Waals surface area contributed by atoms with Gasteiger partial charge in [0.2, 0.25) is 0 Å². The molecule has 1 aromatic heterocycles. The molecule has 1 heterocycles. The Balaban J connectivity index is 2.71. The summed E-state index contributed by atoms with van der Waals surface area (Å²) < 4.78 is 1.25. The quantitative estimate of drug-likeness (QED) is 0.730. The molecule has 2 rings (SSSR count). The number of thiophene rings is 1. The molecule has 0 unspecified atom stereocenters. The van der Waals surface area contributed by atoms with Crippen molar-refractivity contribution in [2.45, 2.75) is 19.8 Å². The summed E-state index contributed by atoms with van der Waals surface area (Å²) >= 11 is 1.74. The Morgan fingerprint density at radius 1 is 1.31 bits per heavy atom. The molecule has 0 aliphatic heterocycles. The number of phenols is 1. The average Bonchev–Trinajstić information content (AvgIpc) is 2.46. The number of hydrogen-bond acceptors (Lipinski definition) is 2. The van der Waals surface area contributed by atoms with Crippen LogP contribution >= 0.6 is 11.3 Å². The van der Waals surface area contributed by atoms with E-state index in [4.69, 9.17) is 0 Å². The lowest BCUT2D eigenvalue weighted by atomic mass is 10.0. The summed E-state index contributed by atoms with van der Waals surface area (Å²) in [5, 5.41) is 12.7. The van der Waals surface area contributed by atoms with Gasteiger partial charge in [0.1, 0.15) is 5.75 Å². The lowest BCUT2D eigenvalue weighted by molar-refractivity contribution is 0.476. The highest BCUT2D eigenvalue weighted by Gasteiger charge is 2.07. The Kier molecular flexibility index (Phi) is 2.00. The second-order valence-corrected chi connectivity index (χ2v) is 4.44. The molecule has 68 valence electrons. The zero-order chi connectivity index (χ0) is 9.42. The van der Waals surface area contributed by atoms with Gasteiger partial charge in [-0.25, -0.2) is 0 Å². The zero-order valence-electron chi connectivity index (χ0n) is 7.74. The smallest absolute Gasteiger partial charge is 0.116 e. The van der Waals surface area contributed by atoms with Crippen LogP contribution in [0.2, 0.25) is 0 Å². The lowest BCUT2D eigenvalue weighted by Gasteiger charge is -2.02. The molecule has 0 spiro atoms. The minimum absolute atomic E-state index is 0.354. The fourth-order valence-corrected chi connectivity index (χ4v) is 2.59. The summed E-state index contributed by atoms with van der Waals surface area (Å²) in [6.45, 7) is 4.34. The first kappa shape index (κ1) is 8.57. The zero-order valence-corrected chi connectivity index (χ0v) is 8.56. The molecule has 2 aromatic rings. The lowest BCUT2D eigenvalue weighted by Crippen LogP contribution is -1.82. The number of aromatic hydroxyl groups is 1. The molecule has 1 nitrogen and oxygen atoms in total. The molecular weight excluding hydrogens is 180 g/mol. The van der Waals surface area contributed by atoms with Gasteiger partial charge in [-0.05, 0) is 40.4 Å². The summed E-state index contributed by atoms with van der Waals surface area (Å²) in [5.74, 6) is 0.878. The van der Waals surface area contributed by atoms with Gasteiger partial charge < -0.3 is 5.11 Å². The van der Waals surface area contributed by atoms with E-state index < -0.39 is 0 Å². The number of rotatable bonds is 1. The normalized spacial score (nSPS) is 11.3. The third-order valence-corrected chi connectivity index (χ3v) is 3.19. The summed E-state index contributed by atoms with van der Waals surface area (Å²) in [5.41, 5.74) is 1.33. The van der Waals surface area contributed by atoms with Crippen LogP contribution in [-0.2, 0) is 0 Å². The van der Waals surface area contributed by atoms with Crippen LogP contribution in [0, 0.1) is 0 Å². The summed E-state index contributed by atoms with van der Waals surface area (Å²) in [6.07, 6.45) is 0. The monoisotopic (exact) mass is 192 g/mol. The first-order chi connectivity index (χ1) is 6.18. The van der Waals surface area contributed by atoms with E-state index in [1.54, 1.807) is 17.4 Å². The van der Waals surface area contributed by atoms with Crippen LogP contribution in [0.15, 0.2) is 23.6 Å². The van der Waals surface area contributed by atoms with Crippen LogP contribution in [0.3, 0.4) is 0 Å². The van der Waals surface area contributed by atoms with Crippen molar-refractivity contribution in [3.63, 3.8) is 0 Å². The fraction of sp³-hybridized carbons (Fsp3) is 0.273. The van der Waals surface area contributed by atoms with Crippen molar-refractivity contribution >= 4 is 21.4 Å². The third-order valence-electron chi connectivity index (χ3n) is 2.21. The van der Waals surface area contributed by atoms with Crippen molar-refractivity contribution in [3.05, 3.63) is 29.1 Å². The molecule has 0 amide bonds. The predicted molar refractivity (Wildman–Crippen MR) is 57.6 cm³/mol. The SMILES string of the molecule is CC(C)c1csc2ccc(O)cc12. The molecule has 0 bridgehead atoms. The van der Waals surface area contributed by atoms with Gasteiger partial charge in [0.15, 0.2) is 0 Å². The Hall–Kier alpha value is -1.02. The predicted octanol–water partition coefficient (Wildman–Crippen LogP) is 3.73. The van der Waals surface area contributed by atoms with Crippen LogP contribution in [0.25, 0.3) is 10.1 Å². The second kappa shape index (κ2) is 3.04. The average molecular weight is 192 g/mol. The van der Waals surface area contributed by atoms with Crippen molar-refractivity contribution in [2.24, 2.45) is 0 Å². The van der Waals surface area contributed by atoms with E-state index in [0.29, 0.717) is 11.7 Å². The maximum absolute atomic E-state index is 9.36.